The van der Waals surface area contributed by atoms with Gasteiger partial charge in [-0.2, -0.15) is 13.2 Å². The normalized spacial score (nSPS) is 14.2. The van der Waals surface area contributed by atoms with E-state index < -0.39 is 58.9 Å². The van der Waals surface area contributed by atoms with Crippen LogP contribution < -0.4 is 10.6 Å². The number of carbonyl (C=O) groups is 3. The van der Waals surface area contributed by atoms with Gasteiger partial charge in [-0.15, -0.1) is 0 Å². The lowest BCUT2D eigenvalue weighted by Crippen LogP contribution is -2.45. The molecular weight excluding hydrogens is 305 g/mol. The van der Waals surface area contributed by atoms with Gasteiger partial charge in [0.05, 0.1) is 5.75 Å². The third kappa shape index (κ3) is 9.30. The van der Waals surface area contributed by atoms with Gasteiger partial charge in [0.2, 0.25) is 11.8 Å². The highest BCUT2D eigenvalue weighted by atomic mass is 32.2. The average Bonchev–Trinajstić information content (AvgIpc) is 2.23. The Balaban J connectivity index is 4.29. The second-order valence-corrected chi connectivity index (χ2v) is 5.24. The van der Waals surface area contributed by atoms with E-state index >= 15 is 0 Å². The summed E-state index contributed by atoms with van der Waals surface area (Å²) in [7, 11) is -2.02. The Labute approximate surface area is 114 Å². The molecule has 0 bridgehead atoms. The standard InChI is InChI=1S/C9H13F3N2O5S/c1-5(15)14-6(8(17)18)2-20(19)3-7(16)13-4-9(10,11)12/h6H,2-4H2,1H3,(H,13,16)(H,14,15)(H,17,18). The molecule has 0 saturated heterocycles. The molecule has 2 unspecified atom stereocenters. The number of alkyl halides is 3. The quantitative estimate of drug-likeness (QED) is 0.557. The van der Waals surface area contributed by atoms with Crippen LogP contribution in [0, 0.1) is 0 Å². The molecule has 11 heteroatoms. The van der Waals surface area contributed by atoms with Crippen LogP contribution in [0.2, 0.25) is 0 Å². The van der Waals surface area contributed by atoms with Crippen molar-refractivity contribution >= 4 is 28.6 Å². The van der Waals surface area contributed by atoms with Gasteiger partial charge in [-0.05, 0) is 0 Å². The van der Waals surface area contributed by atoms with Gasteiger partial charge in [-0.25, -0.2) is 4.79 Å². The molecule has 0 aromatic heterocycles. The number of amides is 2. The van der Waals surface area contributed by atoms with E-state index in [1.54, 1.807) is 0 Å². The molecule has 0 aromatic carbocycles. The zero-order chi connectivity index (χ0) is 15.9. The first-order valence-corrected chi connectivity index (χ1v) is 6.68. The van der Waals surface area contributed by atoms with Crippen molar-refractivity contribution in [2.75, 3.05) is 18.1 Å². The first-order valence-electron chi connectivity index (χ1n) is 5.19. The fourth-order valence-corrected chi connectivity index (χ4v) is 2.17. The largest absolute Gasteiger partial charge is 0.480 e. The number of nitrogens with one attached hydrogen (secondary N) is 2. The van der Waals surface area contributed by atoms with E-state index in [4.69, 9.17) is 5.11 Å². The van der Waals surface area contributed by atoms with Crippen molar-refractivity contribution in [2.24, 2.45) is 0 Å². The Kier molecular flexibility index (Phi) is 7.18. The highest BCUT2D eigenvalue weighted by molar-refractivity contribution is 7.85. The highest BCUT2D eigenvalue weighted by Gasteiger charge is 2.28. The molecule has 0 aliphatic rings. The number of carbonyl (C=O) groups excluding carboxylic acids is 2. The minimum absolute atomic E-state index is 0.575. The van der Waals surface area contributed by atoms with Crippen LogP contribution >= 0.6 is 0 Å². The molecule has 0 aliphatic heterocycles. The van der Waals surface area contributed by atoms with Crippen LogP contribution in [0.1, 0.15) is 6.92 Å². The minimum Gasteiger partial charge on any atom is -0.480 e. The van der Waals surface area contributed by atoms with Crippen molar-refractivity contribution < 1.29 is 36.9 Å². The Morgan fingerprint density at radius 2 is 1.85 bits per heavy atom. The summed E-state index contributed by atoms with van der Waals surface area (Å²) < 4.78 is 46.8. The maximum atomic E-state index is 11.8. The molecule has 20 heavy (non-hydrogen) atoms. The number of hydrogen-bond donors (Lipinski definition) is 3. The van der Waals surface area contributed by atoms with Crippen LogP contribution in [0.15, 0.2) is 0 Å². The molecule has 7 nitrogen and oxygen atoms in total. The molecule has 0 aromatic rings. The topological polar surface area (TPSA) is 113 Å². The van der Waals surface area contributed by atoms with Crippen molar-refractivity contribution in [3.63, 3.8) is 0 Å². The summed E-state index contributed by atoms with van der Waals surface area (Å²) in [6, 6.07) is -1.47. The summed E-state index contributed by atoms with van der Waals surface area (Å²) in [6.45, 7) is -0.508. The summed E-state index contributed by atoms with van der Waals surface area (Å²) in [4.78, 5) is 32.4. The van der Waals surface area contributed by atoms with E-state index in [-0.39, 0.29) is 0 Å². The average molecular weight is 318 g/mol. The molecule has 0 rings (SSSR count). The molecule has 0 radical (unpaired) electrons. The van der Waals surface area contributed by atoms with Gasteiger partial charge in [0.25, 0.3) is 0 Å². The Hall–Kier alpha value is -1.65. The van der Waals surface area contributed by atoms with Crippen LogP contribution in [0.25, 0.3) is 0 Å². The summed E-state index contributed by atoms with van der Waals surface area (Å²) in [5.41, 5.74) is 0. The van der Waals surface area contributed by atoms with E-state index in [2.05, 4.69) is 0 Å². The lowest BCUT2D eigenvalue weighted by Gasteiger charge is -2.13. The summed E-state index contributed by atoms with van der Waals surface area (Å²) in [5.74, 6) is -4.60. The molecular formula is C9H13F3N2O5S. The maximum Gasteiger partial charge on any atom is 0.405 e. The van der Waals surface area contributed by atoms with Crippen molar-refractivity contribution in [1.29, 1.82) is 0 Å². The number of aliphatic carboxylic acids is 1. The number of hydrogen-bond acceptors (Lipinski definition) is 4. The minimum atomic E-state index is -4.59. The fraction of sp³-hybridized carbons (Fsp3) is 0.667. The molecule has 0 saturated carbocycles. The second kappa shape index (κ2) is 7.82. The molecule has 2 atom stereocenters. The van der Waals surface area contributed by atoms with Gasteiger partial charge < -0.3 is 15.7 Å². The zero-order valence-corrected chi connectivity index (χ0v) is 11.1. The SMILES string of the molecule is CC(=O)NC(CS(=O)CC(=O)NCC(F)(F)F)C(=O)O. The van der Waals surface area contributed by atoms with Crippen LogP contribution in [-0.2, 0) is 25.2 Å². The molecule has 0 spiro atoms. The lowest BCUT2D eigenvalue weighted by molar-refractivity contribution is -0.140. The van der Waals surface area contributed by atoms with E-state index in [9.17, 15) is 31.8 Å². The maximum absolute atomic E-state index is 11.8. The molecule has 2 amide bonds. The van der Waals surface area contributed by atoms with Gasteiger partial charge in [-0.3, -0.25) is 13.8 Å². The third-order valence-corrected chi connectivity index (χ3v) is 3.10. The van der Waals surface area contributed by atoms with Gasteiger partial charge in [0, 0.05) is 17.7 Å². The fourth-order valence-electron chi connectivity index (χ4n) is 1.06. The number of halogens is 3. The van der Waals surface area contributed by atoms with Gasteiger partial charge in [0.15, 0.2) is 0 Å². The Morgan fingerprint density at radius 3 is 2.25 bits per heavy atom. The smallest absolute Gasteiger partial charge is 0.405 e. The summed E-state index contributed by atoms with van der Waals surface area (Å²) in [6.07, 6.45) is -4.59. The summed E-state index contributed by atoms with van der Waals surface area (Å²) in [5, 5.41) is 12.2. The van der Waals surface area contributed by atoms with Crippen molar-refractivity contribution in [3.8, 4) is 0 Å². The predicted molar refractivity (Wildman–Crippen MR) is 62.2 cm³/mol. The van der Waals surface area contributed by atoms with Crippen LogP contribution in [0.5, 0.6) is 0 Å². The van der Waals surface area contributed by atoms with Crippen LogP contribution in [0.3, 0.4) is 0 Å². The first kappa shape index (κ1) is 18.4. The van der Waals surface area contributed by atoms with Crippen LogP contribution in [0.4, 0.5) is 13.2 Å². The molecule has 0 fully saturated rings. The predicted octanol–water partition coefficient (Wildman–Crippen LogP) is -0.997. The molecule has 0 heterocycles. The number of carboxylic acids is 1. The lowest BCUT2D eigenvalue weighted by atomic mass is 10.3. The van der Waals surface area contributed by atoms with Gasteiger partial charge in [-0.1, -0.05) is 0 Å². The van der Waals surface area contributed by atoms with E-state index in [0.717, 1.165) is 6.92 Å². The van der Waals surface area contributed by atoms with Gasteiger partial charge >= 0.3 is 12.1 Å². The zero-order valence-electron chi connectivity index (χ0n) is 10.3. The van der Waals surface area contributed by atoms with E-state index in [1.807, 2.05) is 5.32 Å². The molecule has 0 aliphatic carbocycles. The van der Waals surface area contributed by atoms with E-state index in [1.165, 1.54) is 5.32 Å². The molecule has 3 N–H and O–H groups in total. The monoisotopic (exact) mass is 318 g/mol. The van der Waals surface area contributed by atoms with Crippen molar-refractivity contribution in [3.05, 3.63) is 0 Å². The first-order chi connectivity index (χ1) is 9.01. The number of rotatable bonds is 7. The van der Waals surface area contributed by atoms with Crippen molar-refractivity contribution in [1.82, 2.24) is 10.6 Å². The Bertz CT molecular complexity index is 413. The highest BCUT2D eigenvalue weighted by Crippen LogP contribution is 2.11. The van der Waals surface area contributed by atoms with Gasteiger partial charge in [0.1, 0.15) is 18.3 Å². The summed E-state index contributed by atoms with van der Waals surface area (Å²) >= 11 is 0. The molecule has 116 valence electrons. The van der Waals surface area contributed by atoms with Crippen molar-refractivity contribution in [2.45, 2.75) is 19.1 Å². The Morgan fingerprint density at radius 1 is 1.30 bits per heavy atom. The van der Waals surface area contributed by atoms with E-state index in [0.29, 0.717) is 0 Å². The second-order valence-electron chi connectivity index (χ2n) is 3.73. The third-order valence-electron chi connectivity index (χ3n) is 1.81. The number of carboxylic acid groups (broad SMARTS) is 1. The van der Waals surface area contributed by atoms with Crippen LogP contribution in [-0.4, -0.2) is 57.4 Å².